The predicted molar refractivity (Wildman–Crippen MR) is 55.0 cm³/mol. The number of carbonyl (C=O) groups excluding carboxylic acids is 1. The van der Waals surface area contributed by atoms with Crippen LogP contribution in [0.1, 0.15) is 25.0 Å². The van der Waals surface area contributed by atoms with Crippen LogP contribution in [0.4, 0.5) is 13.2 Å². The van der Waals surface area contributed by atoms with Gasteiger partial charge in [-0.05, 0) is 24.1 Å². The third-order valence-electron chi connectivity index (χ3n) is 2.26. The lowest BCUT2D eigenvalue weighted by Crippen LogP contribution is -2.16. The van der Waals surface area contributed by atoms with Crippen LogP contribution in [0.5, 0.6) is 0 Å². The fourth-order valence-corrected chi connectivity index (χ4v) is 1.38. The first-order chi connectivity index (χ1) is 7.24. The second-order valence-corrected chi connectivity index (χ2v) is 4.48. The van der Waals surface area contributed by atoms with Crippen LogP contribution >= 0.6 is 0 Å². The Bertz CT molecular complexity index is 363. The van der Waals surface area contributed by atoms with E-state index in [0.29, 0.717) is 6.42 Å². The van der Waals surface area contributed by atoms with Gasteiger partial charge in [-0.1, -0.05) is 26.0 Å². The predicted octanol–water partition coefficient (Wildman–Crippen LogP) is 3.47. The molecule has 0 radical (unpaired) electrons. The molecule has 0 saturated heterocycles. The van der Waals surface area contributed by atoms with E-state index in [1.807, 2.05) is 0 Å². The Labute approximate surface area is 92.3 Å². The third-order valence-corrected chi connectivity index (χ3v) is 2.26. The van der Waals surface area contributed by atoms with E-state index < -0.39 is 17.2 Å². The van der Waals surface area contributed by atoms with E-state index in [1.165, 1.54) is 12.1 Å². The number of carbonyl (C=O) groups is 1. The molecule has 4 heteroatoms. The maximum absolute atomic E-state index is 12.3. The van der Waals surface area contributed by atoms with Gasteiger partial charge in [-0.15, -0.1) is 0 Å². The van der Waals surface area contributed by atoms with Crippen LogP contribution in [0.2, 0.25) is 0 Å². The molecule has 0 amide bonds. The van der Waals surface area contributed by atoms with Crippen molar-refractivity contribution < 1.29 is 18.0 Å². The monoisotopic (exact) mass is 230 g/mol. The first-order valence-corrected chi connectivity index (χ1v) is 4.87. The van der Waals surface area contributed by atoms with E-state index in [0.717, 1.165) is 24.0 Å². The van der Waals surface area contributed by atoms with Gasteiger partial charge < -0.3 is 4.79 Å². The van der Waals surface area contributed by atoms with Gasteiger partial charge in [0.2, 0.25) is 0 Å². The zero-order chi connectivity index (χ0) is 12.4. The minimum Gasteiger partial charge on any atom is -0.303 e. The zero-order valence-corrected chi connectivity index (χ0v) is 9.14. The smallest absolute Gasteiger partial charge is 0.303 e. The summed E-state index contributed by atoms with van der Waals surface area (Å²) < 4.78 is 36.8. The molecule has 0 aliphatic rings. The van der Waals surface area contributed by atoms with Crippen LogP contribution in [0, 0.1) is 5.41 Å². The fraction of sp³-hybridized carbons (Fsp3) is 0.417. The van der Waals surface area contributed by atoms with Crippen molar-refractivity contribution in [2.24, 2.45) is 5.41 Å². The Balaban J connectivity index is 2.84. The normalized spacial score (nSPS) is 12.6. The van der Waals surface area contributed by atoms with Crippen molar-refractivity contribution in [2.45, 2.75) is 26.4 Å². The Hall–Kier alpha value is -1.32. The van der Waals surface area contributed by atoms with Gasteiger partial charge >= 0.3 is 6.18 Å². The molecule has 1 rings (SSSR count). The van der Waals surface area contributed by atoms with Crippen molar-refractivity contribution in [1.29, 1.82) is 0 Å². The molecule has 0 aliphatic carbocycles. The maximum Gasteiger partial charge on any atom is 0.416 e. The van der Waals surface area contributed by atoms with Crippen molar-refractivity contribution >= 4 is 6.29 Å². The van der Waals surface area contributed by atoms with Gasteiger partial charge in [0.05, 0.1) is 5.56 Å². The summed E-state index contributed by atoms with van der Waals surface area (Å²) in [6.45, 7) is 3.50. The fourth-order valence-electron chi connectivity index (χ4n) is 1.38. The molecule has 0 atom stereocenters. The lowest BCUT2D eigenvalue weighted by molar-refractivity contribution is -0.137. The second-order valence-electron chi connectivity index (χ2n) is 4.48. The summed E-state index contributed by atoms with van der Waals surface area (Å²) >= 11 is 0. The number of hydrogen-bond acceptors (Lipinski definition) is 1. The second kappa shape index (κ2) is 4.28. The highest BCUT2D eigenvalue weighted by Gasteiger charge is 2.30. The average molecular weight is 230 g/mol. The largest absolute Gasteiger partial charge is 0.416 e. The molecule has 88 valence electrons. The molecule has 0 heterocycles. The van der Waals surface area contributed by atoms with E-state index >= 15 is 0 Å². The molecule has 0 aromatic heterocycles. The number of alkyl halides is 3. The molecular formula is C12H13F3O. The Morgan fingerprint density at radius 2 is 1.62 bits per heavy atom. The molecule has 1 nitrogen and oxygen atoms in total. The van der Waals surface area contributed by atoms with Gasteiger partial charge in [-0.25, -0.2) is 0 Å². The molecular weight excluding hydrogens is 217 g/mol. The van der Waals surface area contributed by atoms with Crippen molar-refractivity contribution in [2.75, 3.05) is 0 Å². The standard InChI is InChI=1S/C12H13F3O/c1-11(2,8-16)7-9-3-5-10(6-4-9)12(13,14)15/h3-6,8H,7H2,1-2H3. The van der Waals surface area contributed by atoms with Gasteiger partial charge in [0.1, 0.15) is 6.29 Å². The Morgan fingerprint density at radius 1 is 1.12 bits per heavy atom. The summed E-state index contributed by atoms with van der Waals surface area (Å²) in [6.07, 6.45) is -3.06. The van der Waals surface area contributed by atoms with Crippen LogP contribution in [-0.4, -0.2) is 6.29 Å². The van der Waals surface area contributed by atoms with Crippen LogP contribution < -0.4 is 0 Å². The van der Waals surface area contributed by atoms with Crippen LogP contribution in [0.15, 0.2) is 24.3 Å². The molecule has 0 fully saturated rings. The number of halogens is 3. The highest BCUT2D eigenvalue weighted by atomic mass is 19.4. The van der Waals surface area contributed by atoms with Crippen molar-refractivity contribution in [1.82, 2.24) is 0 Å². The van der Waals surface area contributed by atoms with Gasteiger partial charge in [0.25, 0.3) is 0 Å². The van der Waals surface area contributed by atoms with Gasteiger partial charge in [0, 0.05) is 5.41 Å². The van der Waals surface area contributed by atoms with Crippen molar-refractivity contribution in [3.05, 3.63) is 35.4 Å². The number of hydrogen-bond donors (Lipinski definition) is 0. The first kappa shape index (κ1) is 12.7. The molecule has 1 aromatic rings. The number of rotatable bonds is 3. The summed E-state index contributed by atoms with van der Waals surface area (Å²) in [4.78, 5) is 10.7. The maximum atomic E-state index is 12.3. The van der Waals surface area contributed by atoms with Gasteiger partial charge in [-0.3, -0.25) is 0 Å². The molecule has 16 heavy (non-hydrogen) atoms. The van der Waals surface area contributed by atoms with E-state index in [-0.39, 0.29) is 0 Å². The third kappa shape index (κ3) is 3.36. The van der Waals surface area contributed by atoms with Gasteiger partial charge in [-0.2, -0.15) is 13.2 Å². The quantitative estimate of drug-likeness (QED) is 0.726. The topological polar surface area (TPSA) is 17.1 Å². The van der Waals surface area contributed by atoms with E-state index in [9.17, 15) is 18.0 Å². The highest BCUT2D eigenvalue weighted by Crippen LogP contribution is 2.29. The zero-order valence-electron chi connectivity index (χ0n) is 9.14. The van der Waals surface area contributed by atoms with Crippen molar-refractivity contribution in [3.63, 3.8) is 0 Å². The Morgan fingerprint density at radius 3 is 2.00 bits per heavy atom. The highest BCUT2D eigenvalue weighted by molar-refractivity contribution is 5.58. The first-order valence-electron chi connectivity index (χ1n) is 4.87. The molecule has 0 saturated carbocycles. The van der Waals surface area contributed by atoms with Crippen LogP contribution in [0.3, 0.4) is 0 Å². The summed E-state index contributed by atoms with van der Waals surface area (Å²) in [6, 6.07) is 4.90. The average Bonchev–Trinajstić information content (AvgIpc) is 2.16. The SMILES string of the molecule is CC(C)(C=O)Cc1ccc(C(F)(F)F)cc1. The van der Waals surface area contributed by atoms with Crippen LogP contribution in [0.25, 0.3) is 0 Å². The van der Waals surface area contributed by atoms with Crippen LogP contribution in [-0.2, 0) is 17.4 Å². The van der Waals surface area contributed by atoms with E-state index in [4.69, 9.17) is 0 Å². The van der Waals surface area contributed by atoms with Crippen molar-refractivity contribution in [3.8, 4) is 0 Å². The molecule has 0 aliphatic heterocycles. The van der Waals surface area contributed by atoms with E-state index in [1.54, 1.807) is 13.8 Å². The summed E-state index contributed by atoms with van der Waals surface area (Å²) in [5, 5.41) is 0. The lowest BCUT2D eigenvalue weighted by Gasteiger charge is -2.16. The molecule has 0 N–H and O–H groups in total. The minimum atomic E-state index is -4.31. The summed E-state index contributed by atoms with van der Waals surface area (Å²) in [5.74, 6) is 0. The lowest BCUT2D eigenvalue weighted by atomic mass is 9.87. The summed E-state index contributed by atoms with van der Waals surface area (Å²) in [7, 11) is 0. The Kier molecular flexibility index (Phi) is 3.41. The minimum absolute atomic E-state index is 0.439. The molecule has 0 spiro atoms. The molecule has 0 unspecified atom stereocenters. The molecule has 1 aromatic carbocycles. The number of aldehydes is 1. The van der Waals surface area contributed by atoms with E-state index in [2.05, 4.69) is 0 Å². The van der Waals surface area contributed by atoms with Gasteiger partial charge in [0.15, 0.2) is 0 Å². The number of benzene rings is 1. The summed E-state index contributed by atoms with van der Waals surface area (Å²) in [5.41, 5.74) is -0.481. The molecule has 0 bridgehead atoms.